The fraction of sp³-hybridized carbons (Fsp3) is 1.00. The number of sulfonamides is 1. The van der Waals surface area contributed by atoms with Crippen LogP contribution in [0.2, 0.25) is 0 Å². The van der Waals surface area contributed by atoms with Crippen LogP contribution >= 0.6 is 0 Å². The van der Waals surface area contributed by atoms with Crippen LogP contribution < -0.4 is 10.5 Å². The molecule has 1 unspecified atom stereocenters. The summed E-state index contributed by atoms with van der Waals surface area (Å²) in [6.45, 7) is 0. The molecule has 3 atom stereocenters. The molecule has 0 spiro atoms. The van der Waals surface area contributed by atoms with Crippen molar-refractivity contribution in [1.82, 2.24) is 5.32 Å². The molecule has 0 aromatic rings. The van der Waals surface area contributed by atoms with Crippen molar-refractivity contribution in [2.75, 3.05) is 0 Å². The number of rotatable bonds is 1. The summed E-state index contributed by atoms with van der Waals surface area (Å²) < 4.78 is 22.1. The average molecular weight is 190 g/mol. The van der Waals surface area contributed by atoms with E-state index in [1.807, 2.05) is 0 Å². The van der Waals surface area contributed by atoms with E-state index >= 15 is 0 Å². The molecule has 2 rings (SSSR count). The van der Waals surface area contributed by atoms with Gasteiger partial charge in [-0.15, -0.1) is 0 Å². The molecule has 70 valence electrons. The highest BCUT2D eigenvalue weighted by atomic mass is 32.2. The minimum atomic E-state index is -3.29. The van der Waals surface area contributed by atoms with Gasteiger partial charge in [0.2, 0.25) is 10.0 Å². The quantitative estimate of drug-likeness (QED) is 0.588. The Morgan fingerprint density at radius 2 is 1.67 bits per heavy atom. The zero-order valence-corrected chi connectivity index (χ0v) is 7.68. The zero-order valence-electron chi connectivity index (χ0n) is 6.86. The Bertz CT molecular complexity index is 263. The Morgan fingerprint density at radius 3 is 2.08 bits per heavy atom. The van der Waals surface area contributed by atoms with E-state index in [1.165, 1.54) is 0 Å². The van der Waals surface area contributed by atoms with Crippen LogP contribution in [0.25, 0.3) is 0 Å². The summed E-state index contributed by atoms with van der Waals surface area (Å²) in [7, 11) is -3.29. The molecule has 0 aromatic carbocycles. The molecule has 2 heterocycles. The Balaban J connectivity index is 2.13. The number of hydrogen-bond acceptors (Lipinski definition) is 3. The lowest BCUT2D eigenvalue weighted by atomic mass is 10.1. The topological polar surface area (TPSA) is 72.2 Å². The summed E-state index contributed by atoms with van der Waals surface area (Å²) in [4.78, 5) is 0. The first-order valence-electron chi connectivity index (χ1n) is 4.33. The summed E-state index contributed by atoms with van der Waals surface area (Å²) in [5, 5.41) is 8.18. The van der Waals surface area contributed by atoms with Crippen LogP contribution in [0.1, 0.15) is 25.7 Å². The average Bonchev–Trinajstić information content (AvgIpc) is 2.28. The van der Waals surface area contributed by atoms with E-state index in [9.17, 15) is 8.42 Å². The molecule has 4 nitrogen and oxygen atoms in total. The van der Waals surface area contributed by atoms with Gasteiger partial charge in [0, 0.05) is 12.1 Å². The van der Waals surface area contributed by atoms with Gasteiger partial charge in [0.05, 0.1) is 5.25 Å². The minimum absolute atomic E-state index is 0.295. The maximum Gasteiger partial charge on any atom is 0.212 e. The summed E-state index contributed by atoms with van der Waals surface area (Å²) >= 11 is 0. The van der Waals surface area contributed by atoms with E-state index in [0.717, 1.165) is 12.8 Å². The molecule has 2 aliphatic rings. The van der Waals surface area contributed by atoms with Gasteiger partial charge in [0.25, 0.3) is 0 Å². The third-order valence-corrected chi connectivity index (χ3v) is 4.21. The number of fused-ring (bicyclic) bond motifs is 2. The maximum atomic E-state index is 11.1. The highest BCUT2D eigenvalue weighted by Gasteiger charge is 2.37. The third kappa shape index (κ3) is 1.48. The number of piperidine rings is 1. The van der Waals surface area contributed by atoms with Gasteiger partial charge in [-0.05, 0) is 25.7 Å². The lowest BCUT2D eigenvalue weighted by molar-refractivity contribution is 0.401. The van der Waals surface area contributed by atoms with E-state index in [-0.39, 0.29) is 5.25 Å². The molecule has 12 heavy (non-hydrogen) atoms. The Labute approximate surface area is 72.6 Å². The van der Waals surface area contributed by atoms with Crippen LogP contribution in [0.3, 0.4) is 0 Å². The van der Waals surface area contributed by atoms with Gasteiger partial charge in [-0.25, -0.2) is 13.6 Å². The highest BCUT2D eigenvalue weighted by Crippen LogP contribution is 2.29. The first-order chi connectivity index (χ1) is 5.55. The minimum Gasteiger partial charge on any atom is -0.311 e. The van der Waals surface area contributed by atoms with E-state index in [0.29, 0.717) is 24.9 Å². The van der Waals surface area contributed by atoms with Crippen molar-refractivity contribution in [3.8, 4) is 0 Å². The predicted molar refractivity (Wildman–Crippen MR) is 46.1 cm³/mol. The smallest absolute Gasteiger partial charge is 0.212 e. The molecule has 0 saturated carbocycles. The highest BCUT2D eigenvalue weighted by molar-refractivity contribution is 7.89. The van der Waals surface area contributed by atoms with Crippen molar-refractivity contribution in [1.29, 1.82) is 0 Å². The second-order valence-corrected chi connectivity index (χ2v) is 5.67. The molecule has 2 aliphatic heterocycles. The van der Waals surface area contributed by atoms with Crippen LogP contribution in [0, 0.1) is 0 Å². The van der Waals surface area contributed by atoms with Gasteiger partial charge in [-0.2, -0.15) is 0 Å². The van der Waals surface area contributed by atoms with Gasteiger partial charge in [0.15, 0.2) is 0 Å². The molecule has 0 aliphatic carbocycles. The molecule has 2 fully saturated rings. The normalized spacial score (nSPS) is 41.6. The van der Waals surface area contributed by atoms with Gasteiger partial charge in [-0.3, -0.25) is 0 Å². The molecule has 2 saturated heterocycles. The van der Waals surface area contributed by atoms with E-state index in [1.54, 1.807) is 0 Å². The van der Waals surface area contributed by atoms with Crippen molar-refractivity contribution in [2.45, 2.75) is 43.0 Å². The third-order valence-electron chi connectivity index (χ3n) is 2.89. The summed E-state index contributed by atoms with van der Waals surface area (Å²) in [6.07, 6.45) is 3.62. The van der Waals surface area contributed by atoms with Crippen LogP contribution in [-0.4, -0.2) is 25.8 Å². The van der Waals surface area contributed by atoms with Gasteiger partial charge >= 0.3 is 0 Å². The van der Waals surface area contributed by atoms with E-state index < -0.39 is 10.0 Å². The molecule has 0 amide bonds. The van der Waals surface area contributed by atoms with Crippen LogP contribution in [0.5, 0.6) is 0 Å². The molecule has 2 bridgehead atoms. The molecule has 5 heteroatoms. The van der Waals surface area contributed by atoms with Crippen molar-refractivity contribution >= 4 is 10.0 Å². The Hall–Kier alpha value is -0.130. The monoisotopic (exact) mass is 190 g/mol. The maximum absolute atomic E-state index is 11.1. The van der Waals surface area contributed by atoms with Crippen molar-refractivity contribution in [2.24, 2.45) is 5.14 Å². The fourth-order valence-corrected chi connectivity index (χ4v) is 3.27. The zero-order chi connectivity index (χ0) is 8.77. The Morgan fingerprint density at radius 1 is 1.17 bits per heavy atom. The lowest BCUT2D eigenvalue weighted by Crippen LogP contribution is -2.45. The van der Waals surface area contributed by atoms with Crippen LogP contribution in [-0.2, 0) is 10.0 Å². The Kier molecular flexibility index (Phi) is 1.89. The first-order valence-corrected chi connectivity index (χ1v) is 5.94. The van der Waals surface area contributed by atoms with Crippen LogP contribution in [0.15, 0.2) is 0 Å². The van der Waals surface area contributed by atoms with E-state index in [4.69, 9.17) is 5.14 Å². The van der Waals surface area contributed by atoms with Crippen LogP contribution in [0.4, 0.5) is 0 Å². The SMILES string of the molecule is NS(=O)(=O)[C@H]1CC2CC[C@@H](C1)N2. The molecule has 0 radical (unpaired) electrons. The van der Waals surface area contributed by atoms with Gasteiger partial charge < -0.3 is 5.32 Å². The molecule has 3 N–H and O–H groups in total. The van der Waals surface area contributed by atoms with Gasteiger partial charge in [-0.1, -0.05) is 0 Å². The molecule has 0 aromatic heterocycles. The number of nitrogens with one attached hydrogen (secondary N) is 1. The fourth-order valence-electron chi connectivity index (χ4n) is 2.27. The van der Waals surface area contributed by atoms with Crippen molar-refractivity contribution < 1.29 is 8.42 Å². The van der Waals surface area contributed by atoms with E-state index in [2.05, 4.69) is 5.32 Å². The second kappa shape index (κ2) is 2.68. The number of nitrogens with two attached hydrogens (primary N) is 1. The predicted octanol–water partition coefficient (Wildman–Crippen LogP) is -0.442. The number of hydrogen-bond donors (Lipinski definition) is 2. The second-order valence-electron chi connectivity index (χ2n) is 3.82. The first kappa shape index (κ1) is 8.47. The largest absolute Gasteiger partial charge is 0.311 e. The van der Waals surface area contributed by atoms with Crippen molar-refractivity contribution in [3.05, 3.63) is 0 Å². The lowest BCUT2D eigenvalue weighted by Gasteiger charge is -2.27. The van der Waals surface area contributed by atoms with Crippen molar-refractivity contribution in [3.63, 3.8) is 0 Å². The molecular formula is C7H14N2O2S. The van der Waals surface area contributed by atoms with Gasteiger partial charge in [0.1, 0.15) is 0 Å². The standard InChI is InChI=1S/C7H14N2O2S/c8-12(10,11)7-3-5-1-2-6(4-7)9-5/h5-7,9H,1-4H2,(H2,8,10,11)/t5-,6?,7+/m0/s1. The number of primary sulfonamides is 1. The summed E-state index contributed by atoms with van der Waals surface area (Å²) in [6, 6.07) is 0.791. The summed E-state index contributed by atoms with van der Waals surface area (Å²) in [5.74, 6) is 0. The summed E-state index contributed by atoms with van der Waals surface area (Å²) in [5.41, 5.74) is 0. The molecular weight excluding hydrogens is 176 g/mol.